The Labute approximate surface area is 108 Å². The van der Waals surface area contributed by atoms with Gasteiger partial charge in [0.25, 0.3) is 23.6 Å². The standard InChI is InChI=1S/C11H11N3O5/c1-7(12-13-8(15)2-3-9(13)16)6-19-14-10(17)4-5-11(14)18/h2-3H,4-6H2,1H3. The van der Waals surface area contributed by atoms with Crippen LogP contribution in [0.15, 0.2) is 17.3 Å². The summed E-state index contributed by atoms with van der Waals surface area (Å²) in [6.45, 7) is 1.36. The van der Waals surface area contributed by atoms with Crippen LogP contribution in [0.25, 0.3) is 0 Å². The Morgan fingerprint density at radius 3 is 2.21 bits per heavy atom. The topological polar surface area (TPSA) is 96.3 Å². The van der Waals surface area contributed by atoms with Crippen molar-refractivity contribution in [1.29, 1.82) is 0 Å². The molecule has 2 heterocycles. The molecule has 1 fully saturated rings. The fraction of sp³-hybridized carbons (Fsp3) is 0.364. The Balaban J connectivity index is 1.93. The minimum absolute atomic E-state index is 0.127. The maximum Gasteiger partial charge on any atom is 0.274 e. The predicted octanol–water partition coefficient (Wildman–Crippen LogP) is -0.632. The molecule has 0 aromatic rings. The molecule has 0 aromatic carbocycles. The van der Waals surface area contributed by atoms with Crippen molar-refractivity contribution >= 4 is 29.3 Å². The minimum Gasteiger partial charge on any atom is -0.272 e. The van der Waals surface area contributed by atoms with Crippen LogP contribution in [-0.2, 0) is 24.0 Å². The van der Waals surface area contributed by atoms with Crippen LogP contribution < -0.4 is 0 Å². The average molecular weight is 265 g/mol. The molecule has 8 heteroatoms. The van der Waals surface area contributed by atoms with E-state index in [9.17, 15) is 19.2 Å². The maximum atomic E-state index is 11.3. The number of nitrogens with zero attached hydrogens (tertiary/aromatic N) is 3. The highest BCUT2D eigenvalue weighted by molar-refractivity contribution is 6.13. The summed E-state index contributed by atoms with van der Waals surface area (Å²) < 4.78 is 0. The van der Waals surface area contributed by atoms with E-state index in [-0.39, 0.29) is 25.2 Å². The number of imide groups is 2. The zero-order valence-corrected chi connectivity index (χ0v) is 10.2. The molecule has 0 radical (unpaired) electrons. The van der Waals surface area contributed by atoms with Crippen molar-refractivity contribution in [3.8, 4) is 0 Å². The van der Waals surface area contributed by atoms with E-state index in [0.29, 0.717) is 10.1 Å². The highest BCUT2D eigenvalue weighted by Crippen LogP contribution is 2.12. The van der Waals surface area contributed by atoms with Gasteiger partial charge in [-0.3, -0.25) is 24.0 Å². The Hall–Kier alpha value is -2.35. The molecule has 0 spiro atoms. The summed E-state index contributed by atoms with van der Waals surface area (Å²) >= 11 is 0. The zero-order chi connectivity index (χ0) is 14.0. The van der Waals surface area contributed by atoms with E-state index in [0.717, 1.165) is 12.2 Å². The van der Waals surface area contributed by atoms with Crippen LogP contribution in [0.2, 0.25) is 0 Å². The highest BCUT2D eigenvalue weighted by atomic mass is 16.7. The third-order valence-corrected chi connectivity index (χ3v) is 2.47. The van der Waals surface area contributed by atoms with E-state index in [1.165, 1.54) is 6.92 Å². The Morgan fingerprint density at radius 1 is 1.16 bits per heavy atom. The molecule has 2 aliphatic heterocycles. The van der Waals surface area contributed by atoms with Gasteiger partial charge in [-0.25, -0.2) is 0 Å². The number of hydrogen-bond donors (Lipinski definition) is 0. The predicted molar refractivity (Wildman–Crippen MR) is 61.1 cm³/mol. The summed E-state index contributed by atoms with van der Waals surface area (Å²) in [5, 5.41) is 5.14. The van der Waals surface area contributed by atoms with E-state index in [1.54, 1.807) is 0 Å². The van der Waals surface area contributed by atoms with Gasteiger partial charge in [0, 0.05) is 25.0 Å². The van der Waals surface area contributed by atoms with Gasteiger partial charge >= 0.3 is 0 Å². The third-order valence-electron chi connectivity index (χ3n) is 2.47. The van der Waals surface area contributed by atoms with Crippen LogP contribution in [0, 0.1) is 0 Å². The number of hydrogen-bond acceptors (Lipinski definition) is 6. The van der Waals surface area contributed by atoms with Gasteiger partial charge in [-0.05, 0) is 6.92 Å². The van der Waals surface area contributed by atoms with E-state index < -0.39 is 23.6 Å². The van der Waals surface area contributed by atoms with Crippen molar-refractivity contribution in [1.82, 2.24) is 10.1 Å². The average Bonchev–Trinajstić information content (AvgIpc) is 2.84. The number of hydroxylamine groups is 2. The van der Waals surface area contributed by atoms with Gasteiger partial charge in [-0.2, -0.15) is 15.2 Å². The second-order valence-electron chi connectivity index (χ2n) is 4.01. The normalized spacial score (nSPS) is 20.2. The summed E-state index contributed by atoms with van der Waals surface area (Å²) in [6.07, 6.45) is 2.46. The molecule has 0 aromatic heterocycles. The van der Waals surface area contributed by atoms with Gasteiger partial charge < -0.3 is 0 Å². The van der Waals surface area contributed by atoms with Gasteiger partial charge in [-0.15, -0.1) is 0 Å². The van der Waals surface area contributed by atoms with Crippen LogP contribution in [0.5, 0.6) is 0 Å². The number of rotatable bonds is 4. The number of hydrazone groups is 1. The number of carbonyl (C=O) groups is 4. The van der Waals surface area contributed by atoms with Crippen molar-refractivity contribution < 1.29 is 24.0 Å². The molecule has 100 valence electrons. The monoisotopic (exact) mass is 265 g/mol. The van der Waals surface area contributed by atoms with Crippen LogP contribution in [0.4, 0.5) is 0 Å². The van der Waals surface area contributed by atoms with Crippen molar-refractivity contribution in [2.24, 2.45) is 5.10 Å². The molecule has 0 aliphatic carbocycles. The lowest BCUT2D eigenvalue weighted by Gasteiger charge is -2.14. The fourth-order valence-corrected chi connectivity index (χ4v) is 1.55. The van der Waals surface area contributed by atoms with Gasteiger partial charge in [-0.1, -0.05) is 0 Å². The summed E-state index contributed by atoms with van der Waals surface area (Å²) in [5.74, 6) is -1.91. The van der Waals surface area contributed by atoms with Crippen LogP contribution in [0.3, 0.4) is 0 Å². The Kier molecular flexibility index (Phi) is 3.52. The minimum atomic E-state index is -0.544. The molecule has 0 N–H and O–H groups in total. The first-order chi connectivity index (χ1) is 8.99. The van der Waals surface area contributed by atoms with Gasteiger partial charge in [0.05, 0.1) is 5.71 Å². The molecule has 2 rings (SSSR count). The first-order valence-electron chi connectivity index (χ1n) is 5.58. The lowest BCUT2D eigenvalue weighted by molar-refractivity contribution is -0.183. The number of amides is 4. The second-order valence-corrected chi connectivity index (χ2v) is 4.01. The lowest BCUT2D eigenvalue weighted by atomic mass is 10.4. The SMILES string of the molecule is CC(CON1C(=O)CCC1=O)=NN1C(=O)C=CC1=O. The molecule has 0 saturated carbocycles. The van der Waals surface area contributed by atoms with Gasteiger partial charge in [0.2, 0.25) is 0 Å². The molecule has 0 atom stereocenters. The molecule has 8 nitrogen and oxygen atoms in total. The van der Waals surface area contributed by atoms with Crippen molar-refractivity contribution in [3.05, 3.63) is 12.2 Å². The van der Waals surface area contributed by atoms with E-state index in [4.69, 9.17) is 4.84 Å². The summed E-state index contributed by atoms with van der Waals surface area (Å²) in [7, 11) is 0. The quantitative estimate of drug-likeness (QED) is 0.498. The Bertz CT molecular complexity index is 488. The molecule has 2 aliphatic rings. The summed E-state index contributed by atoms with van der Waals surface area (Å²) in [5.41, 5.74) is 0.290. The van der Waals surface area contributed by atoms with Crippen LogP contribution in [-0.4, -0.2) is 46.0 Å². The first-order valence-corrected chi connectivity index (χ1v) is 5.58. The van der Waals surface area contributed by atoms with Crippen molar-refractivity contribution in [2.75, 3.05) is 6.61 Å². The maximum absolute atomic E-state index is 11.3. The molecule has 4 amide bonds. The first kappa shape index (κ1) is 13.1. The van der Waals surface area contributed by atoms with Crippen LogP contribution in [0.1, 0.15) is 19.8 Å². The molecule has 0 bridgehead atoms. The smallest absolute Gasteiger partial charge is 0.272 e. The largest absolute Gasteiger partial charge is 0.274 e. The molecule has 19 heavy (non-hydrogen) atoms. The van der Waals surface area contributed by atoms with Crippen molar-refractivity contribution in [3.63, 3.8) is 0 Å². The van der Waals surface area contributed by atoms with Crippen molar-refractivity contribution in [2.45, 2.75) is 19.8 Å². The van der Waals surface area contributed by atoms with E-state index in [1.807, 2.05) is 0 Å². The fourth-order valence-electron chi connectivity index (χ4n) is 1.55. The Morgan fingerprint density at radius 2 is 1.68 bits per heavy atom. The van der Waals surface area contributed by atoms with Gasteiger partial charge in [0.15, 0.2) is 0 Å². The molecular weight excluding hydrogens is 254 g/mol. The zero-order valence-electron chi connectivity index (χ0n) is 10.2. The summed E-state index contributed by atoms with van der Waals surface area (Å²) in [4.78, 5) is 50.0. The third kappa shape index (κ3) is 2.74. The van der Waals surface area contributed by atoms with Crippen LogP contribution >= 0.6 is 0 Å². The second kappa shape index (κ2) is 5.11. The van der Waals surface area contributed by atoms with E-state index in [2.05, 4.69) is 5.10 Å². The molecule has 1 saturated heterocycles. The lowest BCUT2D eigenvalue weighted by Crippen LogP contribution is -2.32. The highest BCUT2D eigenvalue weighted by Gasteiger charge is 2.30. The molecule has 0 unspecified atom stereocenters. The van der Waals surface area contributed by atoms with Gasteiger partial charge in [0.1, 0.15) is 6.61 Å². The van der Waals surface area contributed by atoms with E-state index >= 15 is 0 Å². The number of carbonyl (C=O) groups excluding carboxylic acids is 4. The molecular formula is C11H11N3O5. The summed E-state index contributed by atoms with van der Waals surface area (Å²) in [6, 6.07) is 0.